The predicted molar refractivity (Wildman–Crippen MR) is 105 cm³/mol. The molecule has 0 saturated carbocycles. The predicted octanol–water partition coefficient (Wildman–Crippen LogP) is 6.65. The maximum atomic E-state index is 11.9. The quantitative estimate of drug-likeness (QED) is 0.242. The zero-order chi connectivity index (χ0) is 17.3. The molecule has 2 heteroatoms. The molecule has 1 aliphatic rings. The Balaban J connectivity index is 1.77. The Labute approximate surface area is 151 Å². The number of unbranched alkanes of at least 4 members (excludes halogenated alkanes) is 11. The minimum atomic E-state index is 0.394. The second kappa shape index (κ2) is 15.7. The van der Waals surface area contributed by atoms with Crippen molar-refractivity contribution in [3.05, 3.63) is 12.2 Å². The Morgan fingerprint density at radius 3 is 1.83 bits per heavy atom. The minimum Gasteiger partial charge on any atom is -0.343 e. The van der Waals surface area contributed by atoms with E-state index in [9.17, 15) is 4.79 Å². The van der Waals surface area contributed by atoms with Gasteiger partial charge in [0.25, 0.3) is 0 Å². The molecule has 0 atom stereocenters. The SMILES string of the molecule is CCCCCCCC/C=C/CCCCCCCC(=O)N1CCCC1. The van der Waals surface area contributed by atoms with Gasteiger partial charge in [0.1, 0.15) is 0 Å². The summed E-state index contributed by atoms with van der Waals surface area (Å²) >= 11 is 0. The lowest BCUT2D eigenvalue weighted by atomic mass is 10.1. The van der Waals surface area contributed by atoms with E-state index in [2.05, 4.69) is 24.0 Å². The van der Waals surface area contributed by atoms with E-state index >= 15 is 0 Å². The third-order valence-electron chi connectivity index (χ3n) is 5.11. The van der Waals surface area contributed by atoms with Crippen LogP contribution in [0.4, 0.5) is 0 Å². The molecular formula is C22H41NO. The molecule has 1 aliphatic heterocycles. The summed E-state index contributed by atoms with van der Waals surface area (Å²) in [6.45, 7) is 4.28. The van der Waals surface area contributed by atoms with Crippen molar-refractivity contribution >= 4 is 5.91 Å². The number of nitrogens with zero attached hydrogens (tertiary/aromatic N) is 1. The highest BCUT2D eigenvalue weighted by Gasteiger charge is 2.16. The zero-order valence-electron chi connectivity index (χ0n) is 16.2. The van der Waals surface area contributed by atoms with Crippen LogP contribution in [0.15, 0.2) is 12.2 Å². The lowest BCUT2D eigenvalue weighted by Crippen LogP contribution is -2.27. The Morgan fingerprint density at radius 1 is 0.750 bits per heavy atom. The van der Waals surface area contributed by atoms with Gasteiger partial charge in [-0.15, -0.1) is 0 Å². The first-order valence-corrected chi connectivity index (χ1v) is 10.8. The van der Waals surface area contributed by atoms with E-state index in [0.717, 1.165) is 25.9 Å². The monoisotopic (exact) mass is 335 g/mol. The molecule has 0 radical (unpaired) electrons. The smallest absolute Gasteiger partial charge is 0.222 e. The van der Waals surface area contributed by atoms with E-state index in [-0.39, 0.29) is 0 Å². The van der Waals surface area contributed by atoms with Crippen LogP contribution in [0.1, 0.15) is 110 Å². The molecule has 1 amide bonds. The van der Waals surface area contributed by atoms with E-state index in [0.29, 0.717) is 5.91 Å². The summed E-state index contributed by atoms with van der Waals surface area (Å²) in [4.78, 5) is 13.9. The molecule has 1 saturated heterocycles. The molecule has 0 aromatic heterocycles. The molecule has 1 rings (SSSR count). The lowest BCUT2D eigenvalue weighted by molar-refractivity contribution is -0.130. The van der Waals surface area contributed by atoms with Crippen molar-refractivity contribution in [1.29, 1.82) is 0 Å². The van der Waals surface area contributed by atoms with Crippen LogP contribution in [-0.4, -0.2) is 23.9 Å². The van der Waals surface area contributed by atoms with Crippen LogP contribution in [0.2, 0.25) is 0 Å². The fourth-order valence-electron chi connectivity index (χ4n) is 3.47. The number of allylic oxidation sites excluding steroid dienone is 2. The Kier molecular flexibility index (Phi) is 13.9. The van der Waals surface area contributed by atoms with Crippen molar-refractivity contribution < 1.29 is 4.79 Å². The van der Waals surface area contributed by atoms with Crippen LogP contribution in [-0.2, 0) is 4.79 Å². The Bertz CT molecular complexity index is 318. The molecule has 0 unspecified atom stereocenters. The number of rotatable bonds is 15. The number of carbonyl (C=O) groups excluding carboxylic acids is 1. The van der Waals surface area contributed by atoms with Gasteiger partial charge in [-0.2, -0.15) is 0 Å². The van der Waals surface area contributed by atoms with Gasteiger partial charge < -0.3 is 4.90 Å². The van der Waals surface area contributed by atoms with Crippen molar-refractivity contribution in [2.75, 3.05) is 13.1 Å². The van der Waals surface area contributed by atoms with E-state index in [1.807, 2.05) is 0 Å². The minimum absolute atomic E-state index is 0.394. The van der Waals surface area contributed by atoms with Crippen molar-refractivity contribution in [2.24, 2.45) is 0 Å². The van der Waals surface area contributed by atoms with E-state index in [1.165, 1.54) is 89.9 Å². The van der Waals surface area contributed by atoms with Crippen LogP contribution < -0.4 is 0 Å². The van der Waals surface area contributed by atoms with Crippen LogP contribution in [0, 0.1) is 0 Å². The summed E-state index contributed by atoms with van der Waals surface area (Å²) in [5.74, 6) is 0.394. The van der Waals surface area contributed by atoms with Crippen molar-refractivity contribution in [3.63, 3.8) is 0 Å². The lowest BCUT2D eigenvalue weighted by Gasteiger charge is -2.14. The topological polar surface area (TPSA) is 20.3 Å². The number of hydrogen-bond acceptors (Lipinski definition) is 1. The average molecular weight is 336 g/mol. The molecule has 0 bridgehead atoms. The van der Waals surface area contributed by atoms with Gasteiger partial charge in [0.05, 0.1) is 0 Å². The summed E-state index contributed by atoms with van der Waals surface area (Å²) in [6, 6.07) is 0. The van der Waals surface area contributed by atoms with Crippen LogP contribution in [0.25, 0.3) is 0 Å². The van der Waals surface area contributed by atoms with Crippen molar-refractivity contribution in [2.45, 2.75) is 110 Å². The standard InChI is InChI=1S/C22H41NO/c1-2-3-4-5-6-7-8-9-10-11-12-13-14-15-16-19-22(24)23-20-17-18-21-23/h9-10H,2-8,11-21H2,1H3/b10-9+. The Hall–Kier alpha value is -0.790. The summed E-state index contributed by atoms with van der Waals surface area (Å²) in [7, 11) is 0. The van der Waals surface area contributed by atoms with Crippen LogP contribution in [0.5, 0.6) is 0 Å². The number of amides is 1. The molecule has 0 aliphatic carbocycles. The molecule has 24 heavy (non-hydrogen) atoms. The molecule has 1 heterocycles. The highest BCUT2D eigenvalue weighted by Crippen LogP contribution is 2.13. The number of carbonyl (C=O) groups is 1. The van der Waals surface area contributed by atoms with Gasteiger partial charge in [0, 0.05) is 19.5 Å². The van der Waals surface area contributed by atoms with Crippen molar-refractivity contribution in [3.8, 4) is 0 Å². The largest absolute Gasteiger partial charge is 0.343 e. The normalized spacial score (nSPS) is 14.8. The van der Waals surface area contributed by atoms with Gasteiger partial charge in [0.15, 0.2) is 0 Å². The number of likely N-dealkylation sites (tertiary alicyclic amines) is 1. The van der Waals surface area contributed by atoms with E-state index in [4.69, 9.17) is 0 Å². The summed E-state index contributed by atoms with van der Waals surface area (Å²) in [6.07, 6.45) is 25.0. The van der Waals surface area contributed by atoms with Gasteiger partial charge in [-0.1, -0.05) is 70.4 Å². The highest BCUT2D eigenvalue weighted by molar-refractivity contribution is 5.76. The molecule has 2 nitrogen and oxygen atoms in total. The first-order valence-electron chi connectivity index (χ1n) is 10.8. The maximum absolute atomic E-state index is 11.9. The zero-order valence-corrected chi connectivity index (χ0v) is 16.2. The van der Waals surface area contributed by atoms with Gasteiger partial charge >= 0.3 is 0 Å². The third-order valence-corrected chi connectivity index (χ3v) is 5.11. The van der Waals surface area contributed by atoms with Crippen LogP contribution >= 0.6 is 0 Å². The van der Waals surface area contributed by atoms with Gasteiger partial charge in [-0.05, 0) is 44.9 Å². The highest BCUT2D eigenvalue weighted by atomic mass is 16.2. The average Bonchev–Trinajstić information content (AvgIpc) is 3.13. The van der Waals surface area contributed by atoms with Crippen LogP contribution in [0.3, 0.4) is 0 Å². The first kappa shape index (κ1) is 21.3. The van der Waals surface area contributed by atoms with E-state index in [1.54, 1.807) is 0 Å². The fourth-order valence-corrected chi connectivity index (χ4v) is 3.47. The van der Waals surface area contributed by atoms with Gasteiger partial charge in [0.2, 0.25) is 5.91 Å². The molecular weight excluding hydrogens is 294 g/mol. The second-order valence-corrected chi connectivity index (χ2v) is 7.42. The summed E-state index contributed by atoms with van der Waals surface area (Å²) in [5.41, 5.74) is 0. The fraction of sp³-hybridized carbons (Fsp3) is 0.864. The molecule has 0 N–H and O–H groups in total. The Morgan fingerprint density at radius 2 is 1.25 bits per heavy atom. The molecule has 1 fully saturated rings. The molecule has 0 aromatic rings. The second-order valence-electron chi connectivity index (χ2n) is 7.42. The number of hydrogen-bond donors (Lipinski definition) is 0. The van der Waals surface area contributed by atoms with E-state index < -0.39 is 0 Å². The maximum Gasteiger partial charge on any atom is 0.222 e. The third kappa shape index (κ3) is 11.7. The molecule has 140 valence electrons. The summed E-state index contributed by atoms with van der Waals surface area (Å²) in [5, 5.41) is 0. The molecule has 0 aromatic carbocycles. The molecule has 0 spiro atoms. The van der Waals surface area contributed by atoms with Crippen molar-refractivity contribution in [1.82, 2.24) is 4.90 Å². The first-order chi connectivity index (χ1) is 11.8. The van der Waals surface area contributed by atoms with Gasteiger partial charge in [-0.3, -0.25) is 4.79 Å². The van der Waals surface area contributed by atoms with Gasteiger partial charge in [-0.25, -0.2) is 0 Å². The summed E-state index contributed by atoms with van der Waals surface area (Å²) < 4.78 is 0.